The van der Waals surface area contributed by atoms with E-state index in [1.165, 1.54) is 6.21 Å². The van der Waals surface area contributed by atoms with E-state index in [9.17, 15) is 17.2 Å². The molecule has 11 heteroatoms. The molecule has 1 aliphatic heterocycles. The van der Waals surface area contributed by atoms with Crippen molar-refractivity contribution in [1.82, 2.24) is 23.7 Å². The van der Waals surface area contributed by atoms with Crippen molar-refractivity contribution < 1.29 is 17.2 Å². The second-order valence-corrected chi connectivity index (χ2v) is 9.64. The van der Waals surface area contributed by atoms with Crippen LogP contribution in [0.4, 0.5) is 8.78 Å². The average Bonchev–Trinajstić information content (AvgIpc) is 3.34. The van der Waals surface area contributed by atoms with Crippen LogP contribution in [-0.4, -0.2) is 57.3 Å². The zero-order valence-electron chi connectivity index (χ0n) is 15.7. The van der Waals surface area contributed by atoms with Gasteiger partial charge in [0.2, 0.25) is 0 Å². The van der Waals surface area contributed by atoms with Crippen LogP contribution in [0.1, 0.15) is 31.4 Å². The van der Waals surface area contributed by atoms with Gasteiger partial charge in [-0.05, 0) is 30.7 Å². The number of aromatic nitrogens is 4. The summed E-state index contributed by atoms with van der Waals surface area (Å²) in [5, 5.41) is 0. The second kappa shape index (κ2) is 6.30. The minimum Gasteiger partial charge on any atom is -0.345 e. The Morgan fingerprint density at radius 1 is 1.28 bits per heavy atom. The molecule has 2 aliphatic rings. The van der Waals surface area contributed by atoms with Gasteiger partial charge in [-0.25, -0.2) is 18.7 Å². The van der Waals surface area contributed by atoms with Crippen LogP contribution in [0.5, 0.6) is 0 Å². The van der Waals surface area contributed by atoms with Crippen molar-refractivity contribution in [3.63, 3.8) is 0 Å². The number of halogens is 2. The third-order valence-electron chi connectivity index (χ3n) is 5.91. The molecule has 5 rings (SSSR count). The van der Waals surface area contributed by atoms with E-state index < -0.39 is 29.2 Å². The van der Waals surface area contributed by atoms with Gasteiger partial charge >= 0.3 is 10.2 Å². The normalized spacial score (nSPS) is 27.9. The number of alkyl halides is 2. The Morgan fingerprint density at radius 3 is 2.83 bits per heavy atom. The fourth-order valence-electron chi connectivity index (χ4n) is 4.45. The molecule has 0 spiro atoms. The maximum atomic E-state index is 13.0. The SMILES string of the molecule is C[C@@H]1CC(/C=N/S(=O)(=O)N2CC(F)(F)C2)C[C@@H]1c1cnc2cnc3[nH]ccc3n12. The number of fused-ring (bicyclic) bond motifs is 3. The summed E-state index contributed by atoms with van der Waals surface area (Å²) in [6.45, 7) is 0.537. The topological polar surface area (TPSA) is 95.7 Å². The van der Waals surface area contributed by atoms with E-state index in [0.29, 0.717) is 10.2 Å². The summed E-state index contributed by atoms with van der Waals surface area (Å²) in [7, 11) is -4.03. The van der Waals surface area contributed by atoms with Crippen LogP contribution in [0.25, 0.3) is 16.8 Å². The molecule has 0 radical (unpaired) electrons. The lowest BCUT2D eigenvalue weighted by atomic mass is 9.95. The van der Waals surface area contributed by atoms with E-state index in [4.69, 9.17) is 0 Å². The fourth-order valence-corrected chi connectivity index (χ4v) is 5.61. The highest BCUT2D eigenvalue weighted by molar-refractivity contribution is 7.87. The molecule has 1 saturated carbocycles. The predicted molar refractivity (Wildman–Crippen MR) is 103 cm³/mol. The van der Waals surface area contributed by atoms with Gasteiger partial charge in [0.05, 0.1) is 24.8 Å². The number of hydrogen-bond acceptors (Lipinski definition) is 4. The molecule has 1 unspecified atom stereocenters. The first-order chi connectivity index (χ1) is 13.7. The van der Waals surface area contributed by atoms with Crippen molar-refractivity contribution in [1.29, 1.82) is 0 Å². The lowest BCUT2D eigenvalue weighted by molar-refractivity contribution is -0.0944. The monoisotopic (exact) mass is 422 g/mol. The highest BCUT2D eigenvalue weighted by atomic mass is 32.2. The zero-order chi connectivity index (χ0) is 20.4. The number of hydrogen-bond donors (Lipinski definition) is 1. The summed E-state index contributed by atoms with van der Waals surface area (Å²) < 4.78 is 56.6. The smallest absolute Gasteiger partial charge is 0.322 e. The van der Waals surface area contributed by atoms with E-state index >= 15 is 0 Å². The van der Waals surface area contributed by atoms with Gasteiger partial charge in [-0.15, -0.1) is 0 Å². The van der Waals surface area contributed by atoms with E-state index in [1.54, 1.807) is 6.20 Å². The molecular weight excluding hydrogens is 402 g/mol. The molecule has 3 aromatic rings. The van der Waals surface area contributed by atoms with Crippen LogP contribution in [-0.2, 0) is 10.2 Å². The van der Waals surface area contributed by atoms with Gasteiger partial charge in [0.25, 0.3) is 5.92 Å². The van der Waals surface area contributed by atoms with Crippen molar-refractivity contribution in [2.45, 2.75) is 31.6 Å². The maximum absolute atomic E-state index is 13.0. The van der Waals surface area contributed by atoms with Crippen LogP contribution < -0.4 is 0 Å². The molecule has 4 heterocycles. The van der Waals surface area contributed by atoms with Gasteiger partial charge in [-0.2, -0.15) is 17.1 Å². The number of H-pyrrole nitrogens is 1. The molecule has 29 heavy (non-hydrogen) atoms. The van der Waals surface area contributed by atoms with Crippen molar-refractivity contribution >= 4 is 33.2 Å². The number of nitrogens with zero attached hydrogens (tertiary/aromatic N) is 5. The summed E-state index contributed by atoms with van der Waals surface area (Å²) in [5.41, 5.74) is 3.54. The van der Waals surface area contributed by atoms with E-state index in [1.807, 2.05) is 18.5 Å². The first-order valence-corrected chi connectivity index (χ1v) is 10.9. The van der Waals surface area contributed by atoms with Crippen LogP contribution in [0, 0.1) is 11.8 Å². The van der Waals surface area contributed by atoms with Gasteiger partial charge in [-0.1, -0.05) is 6.92 Å². The molecule has 0 amide bonds. The Labute approximate surface area is 165 Å². The van der Waals surface area contributed by atoms with E-state index in [2.05, 4.69) is 30.7 Å². The summed E-state index contributed by atoms with van der Waals surface area (Å²) in [4.78, 5) is 11.9. The minimum atomic E-state index is -4.03. The Bertz CT molecular complexity index is 1210. The molecule has 3 atom stereocenters. The maximum Gasteiger partial charge on any atom is 0.322 e. The molecule has 154 valence electrons. The van der Waals surface area contributed by atoms with Crippen LogP contribution >= 0.6 is 0 Å². The second-order valence-electron chi connectivity index (χ2n) is 8.02. The van der Waals surface area contributed by atoms with Gasteiger partial charge in [0, 0.05) is 30.2 Å². The Kier molecular flexibility index (Phi) is 4.04. The third-order valence-corrected chi connectivity index (χ3v) is 7.21. The summed E-state index contributed by atoms with van der Waals surface area (Å²) in [6.07, 6.45) is 8.31. The Balaban J connectivity index is 1.38. The molecule has 1 saturated heterocycles. The number of aromatic amines is 1. The van der Waals surface area contributed by atoms with Gasteiger partial charge < -0.3 is 4.98 Å². The largest absolute Gasteiger partial charge is 0.345 e. The highest BCUT2D eigenvalue weighted by Gasteiger charge is 2.49. The van der Waals surface area contributed by atoms with E-state index in [-0.39, 0.29) is 11.8 Å². The fraction of sp³-hybridized carbons (Fsp3) is 0.500. The van der Waals surface area contributed by atoms with Crippen LogP contribution in [0.15, 0.2) is 29.1 Å². The summed E-state index contributed by atoms with van der Waals surface area (Å²) >= 11 is 0. The van der Waals surface area contributed by atoms with Crippen molar-refractivity contribution in [2.75, 3.05) is 13.1 Å². The van der Waals surface area contributed by atoms with Gasteiger partial charge in [0.1, 0.15) is 0 Å². The average molecular weight is 422 g/mol. The first kappa shape index (κ1) is 18.6. The molecular formula is C18H20F2N6O2S. The standard InChI is InChI=1S/C18H20F2N6O2S/c1-11-4-12(6-24-29(27,28)25-9-18(19,20)10-25)5-13(11)15-7-22-16-8-23-17-14(26(15)16)2-3-21-17/h2-3,6-8,11-13,21H,4-5,9-10H2,1H3/b24-6+/t11-,12?,13+/m1/s1. The zero-order valence-corrected chi connectivity index (χ0v) is 16.5. The molecule has 0 aromatic carbocycles. The van der Waals surface area contributed by atoms with Gasteiger partial charge in [-0.3, -0.25) is 4.40 Å². The quantitative estimate of drug-likeness (QED) is 0.654. The van der Waals surface area contributed by atoms with Crippen LogP contribution in [0.3, 0.4) is 0 Å². The lowest BCUT2D eigenvalue weighted by Gasteiger charge is -2.35. The minimum absolute atomic E-state index is 0.0411. The summed E-state index contributed by atoms with van der Waals surface area (Å²) in [6, 6.07) is 1.95. The van der Waals surface area contributed by atoms with E-state index in [0.717, 1.165) is 35.3 Å². The molecule has 1 aliphatic carbocycles. The Hall–Kier alpha value is -2.40. The first-order valence-electron chi connectivity index (χ1n) is 9.46. The predicted octanol–water partition coefficient (Wildman–Crippen LogP) is 2.61. The third kappa shape index (κ3) is 3.12. The number of rotatable bonds is 4. The molecule has 0 bridgehead atoms. The molecule has 3 aromatic heterocycles. The van der Waals surface area contributed by atoms with Crippen molar-refractivity contribution in [3.05, 3.63) is 30.4 Å². The lowest BCUT2D eigenvalue weighted by Crippen LogP contribution is -2.57. The summed E-state index contributed by atoms with van der Waals surface area (Å²) in [5.74, 6) is -2.51. The molecule has 1 N–H and O–H groups in total. The number of imidazole rings is 1. The highest BCUT2D eigenvalue weighted by Crippen LogP contribution is 2.43. The van der Waals surface area contributed by atoms with Gasteiger partial charge in [0.15, 0.2) is 11.3 Å². The molecule has 2 fully saturated rings. The Morgan fingerprint density at radius 2 is 2.07 bits per heavy atom. The number of nitrogens with one attached hydrogen (secondary N) is 1. The van der Waals surface area contributed by atoms with Crippen molar-refractivity contribution in [3.8, 4) is 0 Å². The van der Waals surface area contributed by atoms with Crippen LogP contribution in [0.2, 0.25) is 0 Å². The van der Waals surface area contributed by atoms with Crippen molar-refractivity contribution in [2.24, 2.45) is 16.2 Å². The molecule has 8 nitrogen and oxygen atoms in total.